The Bertz CT molecular complexity index is 1170. The van der Waals surface area contributed by atoms with Gasteiger partial charge in [0.25, 0.3) is 15.9 Å². The minimum absolute atomic E-state index is 0.0963. The van der Waals surface area contributed by atoms with Crippen LogP contribution < -0.4 is 10.0 Å². The van der Waals surface area contributed by atoms with E-state index in [0.717, 1.165) is 27.9 Å². The lowest BCUT2D eigenvalue weighted by atomic mass is 10.1. The normalized spacial score (nSPS) is 11.2. The number of carbonyl (C=O) groups is 1. The zero-order valence-corrected chi connectivity index (χ0v) is 17.7. The third-order valence-electron chi connectivity index (χ3n) is 4.83. The van der Waals surface area contributed by atoms with Crippen LogP contribution in [-0.2, 0) is 10.0 Å². The monoisotopic (exact) mass is 408 g/mol. The van der Waals surface area contributed by atoms with Crippen molar-refractivity contribution in [2.24, 2.45) is 0 Å². The van der Waals surface area contributed by atoms with Crippen LogP contribution in [0.1, 0.15) is 32.6 Å². The molecule has 0 aliphatic carbocycles. The molecule has 3 rings (SSSR count). The Morgan fingerprint density at radius 1 is 0.759 bits per heavy atom. The summed E-state index contributed by atoms with van der Waals surface area (Å²) in [6.07, 6.45) is 0. The summed E-state index contributed by atoms with van der Waals surface area (Å²) in [5, 5.41) is 2.87. The molecule has 0 heterocycles. The second-order valence-electron chi connectivity index (χ2n) is 7.20. The summed E-state index contributed by atoms with van der Waals surface area (Å²) in [5.41, 5.74) is 5.73. The number of hydrogen-bond acceptors (Lipinski definition) is 3. The summed E-state index contributed by atoms with van der Waals surface area (Å²) >= 11 is 0. The summed E-state index contributed by atoms with van der Waals surface area (Å²) < 4.78 is 27.9. The average Bonchev–Trinajstić information content (AvgIpc) is 2.67. The molecule has 150 valence electrons. The van der Waals surface area contributed by atoms with Crippen molar-refractivity contribution in [3.05, 3.63) is 88.5 Å². The van der Waals surface area contributed by atoms with Gasteiger partial charge < -0.3 is 5.32 Å². The quantitative estimate of drug-likeness (QED) is 0.626. The van der Waals surface area contributed by atoms with Crippen molar-refractivity contribution in [3.63, 3.8) is 0 Å². The first-order valence-electron chi connectivity index (χ1n) is 9.24. The van der Waals surface area contributed by atoms with Crippen LogP contribution in [0, 0.1) is 27.7 Å². The van der Waals surface area contributed by atoms with E-state index in [1.54, 1.807) is 12.1 Å². The molecule has 0 saturated heterocycles. The minimum atomic E-state index is -3.74. The second-order valence-corrected chi connectivity index (χ2v) is 8.88. The molecule has 0 aliphatic heterocycles. The lowest BCUT2D eigenvalue weighted by Gasteiger charge is -2.11. The molecule has 0 aromatic heterocycles. The van der Waals surface area contributed by atoms with Gasteiger partial charge in [-0.15, -0.1) is 0 Å². The molecule has 3 aromatic carbocycles. The van der Waals surface area contributed by atoms with Crippen molar-refractivity contribution < 1.29 is 13.2 Å². The summed E-state index contributed by atoms with van der Waals surface area (Å²) in [4.78, 5) is 12.6. The van der Waals surface area contributed by atoms with Crippen LogP contribution in [0.25, 0.3) is 0 Å². The summed E-state index contributed by atoms with van der Waals surface area (Å²) in [6.45, 7) is 7.77. The van der Waals surface area contributed by atoms with Gasteiger partial charge in [-0.1, -0.05) is 18.2 Å². The number of sulfonamides is 1. The first-order chi connectivity index (χ1) is 13.7. The van der Waals surface area contributed by atoms with Crippen LogP contribution in [0.4, 0.5) is 11.4 Å². The van der Waals surface area contributed by atoms with Crippen molar-refractivity contribution in [2.75, 3.05) is 10.0 Å². The first-order valence-corrected chi connectivity index (χ1v) is 10.7. The summed E-state index contributed by atoms with van der Waals surface area (Å²) in [6, 6.07) is 17.1. The van der Waals surface area contributed by atoms with Gasteiger partial charge in [-0.25, -0.2) is 8.42 Å². The first kappa shape index (κ1) is 20.6. The number of benzene rings is 3. The van der Waals surface area contributed by atoms with Crippen LogP contribution in [0.5, 0.6) is 0 Å². The van der Waals surface area contributed by atoms with Crippen LogP contribution in [0.3, 0.4) is 0 Å². The molecular formula is C23H24N2O3S. The van der Waals surface area contributed by atoms with Crippen LogP contribution in [-0.4, -0.2) is 14.3 Å². The number of anilines is 2. The van der Waals surface area contributed by atoms with E-state index in [-0.39, 0.29) is 10.8 Å². The maximum Gasteiger partial charge on any atom is 0.261 e. The zero-order chi connectivity index (χ0) is 21.2. The highest BCUT2D eigenvalue weighted by Gasteiger charge is 2.16. The number of nitrogens with one attached hydrogen (secondary N) is 2. The van der Waals surface area contributed by atoms with Crippen molar-refractivity contribution in [2.45, 2.75) is 32.6 Å². The van der Waals surface area contributed by atoms with Crippen LogP contribution in [0.15, 0.2) is 65.6 Å². The standard InChI is InChI=1S/C23H24N2O3S/c1-15-5-6-17(3)22(13-15)24-23(26)19-8-11-21(12-9-19)29(27,28)25-20-10-7-16(2)18(4)14-20/h5-14,25H,1-4H3,(H,24,26). The maximum atomic E-state index is 12.6. The Labute approximate surface area is 171 Å². The zero-order valence-electron chi connectivity index (χ0n) is 16.9. The Balaban J connectivity index is 1.77. The molecule has 2 N–H and O–H groups in total. The molecule has 3 aromatic rings. The molecule has 0 unspecified atom stereocenters. The highest BCUT2D eigenvalue weighted by molar-refractivity contribution is 7.92. The molecule has 1 amide bonds. The fourth-order valence-corrected chi connectivity index (χ4v) is 3.92. The lowest BCUT2D eigenvalue weighted by molar-refractivity contribution is 0.102. The van der Waals surface area contributed by atoms with E-state index in [4.69, 9.17) is 0 Å². The number of amides is 1. The number of aryl methyl sites for hydroxylation is 4. The minimum Gasteiger partial charge on any atom is -0.322 e. The molecule has 6 heteroatoms. The topological polar surface area (TPSA) is 75.3 Å². The largest absolute Gasteiger partial charge is 0.322 e. The number of carbonyl (C=O) groups excluding carboxylic acids is 1. The van der Waals surface area contributed by atoms with Gasteiger partial charge in [0.05, 0.1) is 4.90 Å². The van der Waals surface area contributed by atoms with E-state index in [2.05, 4.69) is 10.0 Å². The van der Waals surface area contributed by atoms with Crippen molar-refractivity contribution in [1.29, 1.82) is 0 Å². The van der Waals surface area contributed by atoms with Gasteiger partial charge in [-0.3, -0.25) is 9.52 Å². The molecule has 0 bridgehead atoms. The van der Waals surface area contributed by atoms with E-state index in [1.807, 2.05) is 52.0 Å². The Morgan fingerprint density at radius 3 is 2.07 bits per heavy atom. The fourth-order valence-electron chi connectivity index (χ4n) is 2.87. The third kappa shape index (κ3) is 4.84. The van der Waals surface area contributed by atoms with Gasteiger partial charge in [-0.05, 0) is 92.4 Å². The van der Waals surface area contributed by atoms with Gasteiger partial charge in [-0.2, -0.15) is 0 Å². The second kappa shape index (κ2) is 8.09. The third-order valence-corrected chi connectivity index (χ3v) is 6.22. The predicted octanol–water partition coefficient (Wildman–Crippen LogP) is 4.97. The van der Waals surface area contributed by atoms with Crippen molar-refractivity contribution in [1.82, 2.24) is 0 Å². The highest BCUT2D eigenvalue weighted by atomic mass is 32.2. The van der Waals surface area contributed by atoms with E-state index in [0.29, 0.717) is 11.3 Å². The maximum absolute atomic E-state index is 12.6. The van der Waals surface area contributed by atoms with Gasteiger partial charge >= 0.3 is 0 Å². The van der Waals surface area contributed by atoms with E-state index < -0.39 is 10.0 Å². The molecule has 5 nitrogen and oxygen atoms in total. The number of rotatable bonds is 5. The molecule has 0 spiro atoms. The summed E-state index contributed by atoms with van der Waals surface area (Å²) in [7, 11) is -3.74. The molecule has 29 heavy (non-hydrogen) atoms. The van der Waals surface area contributed by atoms with E-state index >= 15 is 0 Å². The predicted molar refractivity (Wildman–Crippen MR) is 117 cm³/mol. The molecular weight excluding hydrogens is 384 g/mol. The Hall–Kier alpha value is -3.12. The SMILES string of the molecule is Cc1ccc(C)c(NC(=O)c2ccc(S(=O)(=O)Nc3ccc(C)c(C)c3)cc2)c1. The van der Waals surface area contributed by atoms with Crippen molar-refractivity contribution >= 4 is 27.3 Å². The van der Waals surface area contributed by atoms with Gasteiger partial charge in [0, 0.05) is 16.9 Å². The number of hydrogen-bond donors (Lipinski definition) is 2. The van der Waals surface area contributed by atoms with E-state index in [1.165, 1.54) is 24.3 Å². The van der Waals surface area contributed by atoms with Crippen LogP contribution in [0.2, 0.25) is 0 Å². The van der Waals surface area contributed by atoms with Crippen molar-refractivity contribution in [3.8, 4) is 0 Å². The Morgan fingerprint density at radius 2 is 1.41 bits per heavy atom. The van der Waals surface area contributed by atoms with Crippen LogP contribution >= 0.6 is 0 Å². The fraction of sp³-hybridized carbons (Fsp3) is 0.174. The summed E-state index contributed by atoms with van der Waals surface area (Å²) in [5.74, 6) is -0.287. The lowest BCUT2D eigenvalue weighted by Crippen LogP contribution is -2.15. The average molecular weight is 409 g/mol. The molecule has 0 atom stereocenters. The van der Waals surface area contributed by atoms with Gasteiger partial charge in [0.15, 0.2) is 0 Å². The smallest absolute Gasteiger partial charge is 0.261 e. The molecule has 0 fully saturated rings. The molecule has 0 aliphatic rings. The molecule has 0 saturated carbocycles. The van der Waals surface area contributed by atoms with E-state index in [9.17, 15) is 13.2 Å². The molecule has 0 radical (unpaired) electrons. The van der Waals surface area contributed by atoms with Gasteiger partial charge in [0.2, 0.25) is 0 Å². The highest BCUT2D eigenvalue weighted by Crippen LogP contribution is 2.21. The Kier molecular flexibility index (Phi) is 5.75. The van der Waals surface area contributed by atoms with Gasteiger partial charge in [0.1, 0.15) is 0 Å².